The standard InChI is InChI=1S/C21H19F2N3O2/c1-12-7-13(3-4-18(12)23)17-10-15(22)8-14-9-16(28-20(14)17)11-24-21(27)19-5-6-25-26(19)2/h3-8,10,16H,9,11H2,1-2H3,(H,24,27)/t16-/m0/s1. The van der Waals surface area contributed by atoms with Gasteiger partial charge in [0, 0.05) is 30.8 Å². The van der Waals surface area contributed by atoms with Crippen molar-refractivity contribution in [1.29, 1.82) is 0 Å². The quantitative estimate of drug-likeness (QED) is 0.751. The third-order valence-electron chi connectivity index (χ3n) is 4.88. The molecule has 4 rings (SSSR count). The molecule has 1 aromatic heterocycles. The second-order valence-electron chi connectivity index (χ2n) is 6.90. The number of amides is 1. The molecule has 0 unspecified atom stereocenters. The fourth-order valence-electron chi connectivity index (χ4n) is 3.43. The molecule has 2 heterocycles. The maximum Gasteiger partial charge on any atom is 0.269 e. The Balaban J connectivity index is 1.54. The average Bonchev–Trinajstić information content (AvgIpc) is 3.27. The number of hydrogen-bond acceptors (Lipinski definition) is 3. The molecule has 7 heteroatoms. The summed E-state index contributed by atoms with van der Waals surface area (Å²) in [5, 5.41) is 6.80. The van der Waals surface area contributed by atoms with E-state index in [1.54, 1.807) is 38.4 Å². The highest BCUT2D eigenvalue weighted by Gasteiger charge is 2.27. The molecule has 1 amide bonds. The van der Waals surface area contributed by atoms with Gasteiger partial charge in [-0.3, -0.25) is 9.48 Å². The lowest BCUT2D eigenvalue weighted by Gasteiger charge is -2.14. The largest absolute Gasteiger partial charge is 0.487 e. The maximum atomic E-state index is 14.2. The summed E-state index contributed by atoms with van der Waals surface area (Å²) >= 11 is 0. The summed E-state index contributed by atoms with van der Waals surface area (Å²) in [6.07, 6.45) is 1.72. The Bertz CT molecular complexity index is 1060. The summed E-state index contributed by atoms with van der Waals surface area (Å²) in [4.78, 5) is 12.2. The molecule has 1 atom stereocenters. The first-order chi connectivity index (χ1) is 13.4. The van der Waals surface area contributed by atoms with E-state index in [9.17, 15) is 13.6 Å². The van der Waals surface area contributed by atoms with Crippen LogP contribution in [0.25, 0.3) is 11.1 Å². The predicted octanol–water partition coefficient (Wildman–Crippen LogP) is 3.41. The van der Waals surface area contributed by atoms with E-state index in [4.69, 9.17) is 4.74 Å². The average molecular weight is 383 g/mol. The highest BCUT2D eigenvalue weighted by atomic mass is 19.1. The van der Waals surface area contributed by atoms with Gasteiger partial charge in [0.15, 0.2) is 0 Å². The number of carbonyl (C=O) groups excluding carboxylic acids is 1. The van der Waals surface area contributed by atoms with Gasteiger partial charge in [0.05, 0.1) is 6.54 Å². The van der Waals surface area contributed by atoms with Crippen molar-refractivity contribution in [3.8, 4) is 16.9 Å². The van der Waals surface area contributed by atoms with Crippen LogP contribution in [0.5, 0.6) is 5.75 Å². The molecule has 0 aliphatic carbocycles. The van der Waals surface area contributed by atoms with E-state index in [0.29, 0.717) is 34.6 Å². The number of rotatable bonds is 4. The molecule has 1 aliphatic heterocycles. The second kappa shape index (κ2) is 7.07. The molecule has 28 heavy (non-hydrogen) atoms. The molecular weight excluding hydrogens is 364 g/mol. The van der Waals surface area contributed by atoms with Crippen molar-refractivity contribution in [3.05, 3.63) is 71.1 Å². The van der Waals surface area contributed by atoms with Gasteiger partial charge in [-0.15, -0.1) is 0 Å². The number of halogens is 2. The highest BCUT2D eigenvalue weighted by Crippen LogP contribution is 2.40. The van der Waals surface area contributed by atoms with E-state index in [2.05, 4.69) is 10.4 Å². The lowest BCUT2D eigenvalue weighted by atomic mass is 9.99. The van der Waals surface area contributed by atoms with Crippen molar-refractivity contribution in [3.63, 3.8) is 0 Å². The van der Waals surface area contributed by atoms with E-state index in [0.717, 1.165) is 5.56 Å². The van der Waals surface area contributed by atoms with Crippen LogP contribution in [0, 0.1) is 18.6 Å². The Kier molecular flexibility index (Phi) is 4.58. The lowest BCUT2D eigenvalue weighted by molar-refractivity contribution is 0.0924. The van der Waals surface area contributed by atoms with Crippen molar-refractivity contribution >= 4 is 5.91 Å². The number of carbonyl (C=O) groups is 1. The third kappa shape index (κ3) is 3.35. The van der Waals surface area contributed by atoms with Crippen molar-refractivity contribution in [2.75, 3.05) is 6.54 Å². The van der Waals surface area contributed by atoms with E-state index in [1.807, 2.05) is 0 Å². The molecule has 0 spiro atoms. The monoisotopic (exact) mass is 383 g/mol. The number of nitrogens with one attached hydrogen (secondary N) is 1. The van der Waals surface area contributed by atoms with Gasteiger partial charge in [0.1, 0.15) is 29.2 Å². The normalized spacial score (nSPS) is 15.2. The number of ether oxygens (including phenoxy) is 1. The summed E-state index contributed by atoms with van der Waals surface area (Å²) < 4.78 is 35.3. The van der Waals surface area contributed by atoms with E-state index < -0.39 is 0 Å². The number of hydrogen-bond donors (Lipinski definition) is 1. The molecular formula is C21H19F2N3O2. The molecule has 1 N–H and O–H groups in total. The van der Waals surface area contributed by atoms with Gasteiger partial charge in [0.25, 0.3) is 5.91 Å². The molecule has 3 aromatic rings. The first kappa shape index (κ1) is 18.2. The summed E-state index contributed by atoms with van der Waals surface area (Å²) in [5.41, 5.74) is 2.93. The van der Waals surface area contributed by atoms with Gasteiger partial charge < -0.3 is 10.1 Å². The van der Waals surface area contributed by atoms with Gasteiger partial charge in [-0.05, 0) is 48.4 Å². The molecule has 0 bridgehead atoms. The Labute approximate surface area is 160 Å². The van der Waals surface area contributed by atoms with E-state index >= 15 is 0 Å². The molecule has 0 fully saturated rings. The number of aromatic nitrogens is 2. The van der Waals surface area contributed by atoms with Crippen LogP contribution in [0.15, 0.2) is 42.6 Å². The fourth-order valence-corrected chi connectivity index (χ4v) is 3.43. The first-order valence-electron chi connectivity index (χ1n) is 8.94. The van der Waals surface area contributed by atoms with Gasteiger partial charge in [-0.2, -0.15) is 5.10 Å². The zero-order valence-electron chi connectivity index (χ0n) is 15.5. The van der Waals surface area contributed by atoms with Crippen LogP contribution in [0.4, 0.5) is 8.78 Å². The van der Waals surface area contributed by atoms with E-state index in [1.165, 1.54) is 22.9 Å². The third-order valence-corrected chi connectivity index (χ3v) is 4.88. The van der Waals surface area contributed by atoms with Crippen molar-refractivity contribution < 1.29 is 18.3 Å². The summed E-state index contributed by atoms with van der Waals surface area (Å²) in [6.45, 7) is 1.94. The van der Waals surface area contributed by atoms with Crippen LogP contribution >= 0.6 is 0 Å². The Morgan fingerprint density at radius 1 is 1.29 bits per heavy atom. The van der Waals surface area contributed by atoms with Crippen LogP contribution in [-0.2, 0) is 13.5 Å². The summed E-state index contributed by atoms with van der Waals surface area (Å²) in [6, 6.07) is 9.11. The minimum Gasteiger partial charge on any atom is -0.487 e. The maximum absolute atomic E-state index is 14.2. The topological polar surface area (TPSA) is 56.1 Å². The zero-order chi connectivity index (χ0) is 19.8. The molecule has 144 valence electrons. The van der Waals surface area contributed by atoms with Crippen LogP contribution in [0.3, 0.4) is 0 Å². The number of aryl methyl sites for hydroxylation is 2. The Morgan fingerprint density at radius 3 is 2.82 bits per heavy atom. The second-order valence-corrected chi connectivity index (χ2v) is 6.90. The predicted molar refractivity (Wildman–Crippen MR) is 100 cm³/mol. The number of fused-ring (bicyclic) bond motifs is 1. The van der Waals surface area contributed by atoms with Crippen LogP contribution < -0.4 is 10.1 Å². The Hall–Kier alpha value is -3.22. The molecule has 0 radical (unpaired) electrons. The lowest BCUT2D eigenvalue weighted by Crippen LogP contribution is -2.35. The van der Waals surface area contributed by atoms with Gasteiger partial charge >= 0.3 is 0 Å². The van der Waals surface area contributed by atoms with Gasteiger partial charge in [-0.25, -0.2) is 8.78 Å². The summed E-state index contributed by atoms with van der Waals surface area (Å²) in [5.74, 6) is -0.361. The van der Waals surface area contributed by atoms with E-state index in [-0.39, 0.29) is 30.2 Å². The van der Waals surface area contributed by atoms with Gasteiger partial charge in [0.2, 0.25) is 0 Å². The van der Waals surface area contributed by atoms with Crippen molar-refractivity contribution in [2.45, 2.75) is 19.4 Å². The highest BCUT2D eigenvalue weighted by molar-refractivity contribution is 5.92. The molecule has 0 saturated carbocycles. The minimum absolute atomic E-state index is 0.250. The van der Waals surface area contributed by atoms with Crippen LogP contribution in [-0.4, -0.2) is 28.3 Å². The molecule has 5 nitrogen and oxygen atoms in total. The molecule has 0 saturated heterocycles. The fraction of sp³-hybridized carbons (Fsp3) is 0.238. The number of nitrogens with zero attached hydrogens (tertiary/aromatic N) is 2. The van der Waals surface area contributed by atoms with Crippen molar-refractivity contribution in [1.82, 2.24) is 15.1 Å². The van der Waals surface area contributed by atoms with Gasteiger partial charge in [-0.1, -0.05) is 6.07 Å². The van der Waals surface area contributed by atoms with Crippen LogP contribution in [0.2, 0.25) is 0 Å². The first-order valence-corrected chi connectivity index (χ1v) is 8.94. The smallest absolute Gasteiger partial charge is 0.269 e. The van der Waals surface area contributed by atoms with Crippen LogP contribution in [0.1, 0.15) is 21.6 Å². The molecule has 1 aliphatic rings. The minimum atomic E-state index is -0.376. The summed E-state index contributed by atoms with van der Waals surface area (Å²) in [7, 11) is 1.69. The molecule has 2 aromatic carbocycles. The number of benzene rings is 2. The Morgan fingerprint density at radius 2 is 2.11 bits per heavy atom. The zero-order valence-corrected chi connectivity index (χ0v) is 15.5. The SMILES string of the molecule is Cc1cc(-c2cc(F)cc3c2O[C@H](CNC(=O)c2ccnn2C)C3)ccc1F. The van der Waals surface area contributed by atoms with Crippen molar-refractivity contribution in [2.24, 2.45) is 7.05 Å².